The second-order valence-corrected chi connectivity index (χ2v) is 9.16. The van der Waals surface area contributed by atoms with Crippen LogP contribution in [0.15, 0.2) is 60.0 Å². The fraction of sp³-hybridized carbons (Fsp3) is 0.370. The van der Waals surface area contributed by atoms with Gasteiger partial charge in [0.25, 0.3) is 5.91 Å². The molecule has 1 N–H and O–H groups in total. The number of benzene rings is 2. The molecule has 5 rings (SSSR count). The van der Waals surface area contributed by atoms with Crippen LogP contribution in [0.1, 0.15) is 24.5 Å². The van der Waals surface area contributed by atoms with Crippen LogP contribution in [0.25, 0.3) is 11.1 Å². The molecule has 1 fully saturated rings. The number of aryl methyl sites for hydroxylation is 1. The van der Waals surface area contributed by atoms with Gasteiger partial charge in [-0.3, -0.25) is 4.79 Å². The number of ether oxygens (including phenoxy) is 1. The minimum atomic E-state index is -0.653. The minimum absolute atomic E-state index is 0.391. The maximum Gasteiger partial charge on any atom is 0.291 e. The van der Waals surface area contributed by atoms with Crippen molar-refractivity contribution >= 4 is 17.5 Å². The molecule has 0 bridgehead atoms. The average molecular weight is 488 g/mol. The van der Waals surface area contributed by atoms with Crippen LogP contribution in [0.4, 0.5) is 11.6 Å². The second kappa shape index (κ2) is 10.4. The Morgan fingerprint density at radius 1 is 1.14 bits per heavy atom. The van der Waals surface area contributed by atoms with Gasteiger partial charge in [0.05, 0.1) is 18.2 Å². The van der Waals surface area contributed by atoms with E-state index in [4.69, 9.17) is 4.74 Å². The standard InChI is InChI=1S/C27H29N5O4/c1-2-18-5-3-4-6-19(18)14-25(33)32-11-12-36-24-13-20(7-8-23(24)32)22-15-28-27(29-16-22)31-10-9-21(17-31)26(34)30-35/h3-8,13,15-16,21,25,33H,2,9-12,14,17H2,1H3. The summed E-state index contributed by atoms with van der Waals surface area (Å²) in [6.45, 7) is 4.23. The molecule has 2 aliphatic rings. The zero-order valence-electron chi connectivity index (χ0n) is 20.2. The summed E-state index contributed by atoms with van der Waals surface area (Å²) in [6, 6.07) is 14.1. The van der Waals surface area contributed by atoms with E-state index < -0.39 is 18.1 Å². The highest BCUT2D eigenvalue weighted by molar-refractivity contribution is 5.80. The van der Waals surface area contributed by atoms with Gasteiger partial charge in [0.15, 0.2) is 0 Å². The monoisotopic (exact) mass is 487 g/mol. The summed E-state index contributed by atoms with van der Waals surface area (Å²) in [5.41, 5.74) is 5.01. The Balaban J connectivity index is 1.31. The highest BCUT2D eigenvalue weighted by Gasteiger charge is 2.30. The Labute approximate surface area is 209 Å². The van der Waals surface area contributed by atoms with Gasteiger partial charge in [-0.05, 0) is 41.7 Å². The highest BCUT2D eigenvalue weighted by atomic mass is 16.5. The van der Waals surface area contributed by atoms with Crippen LogP contribution >= 0.6 is 0 Å². The summed E-state index contributed by atoms with van der Waals surface area (Å²) >= 11 is 0. The van der Waals surface area contributed by atoms with Gasteiger partial charge >= 0.3 is 0 Å². The molecule has 1 amide bonds. The molecule has 2 aliphatic heterocycles. The van der Waals surface area contributed by atoms with Crippen LogP contribution in [0.5, 0.6) is 5.75 Å². The van der Waals surface area contributed by atoms with Crippen molar-refractivity contribution in [1.82, 2.24) is 9.97 Å². The molecule has 2 atom stereocenters. The lowest BCUT2D eigenvalue weighted by Gasteiger charge is -2.35. The van der Waals surface area contributed by atoms with Gasteiger partial charge < -0.3 is 19.6 Å². The molecular formula is C27H29N5O4. The molecule has 3 heterocycles. The van der Waals surface area contributed by atoms with Crippen molar-refractivity contribution in [2.24, 2.45) is 11.1 Å². The topological polar surface area (TPSA) is 108 Å². The quantitative estimate of drug-likeness (QED) is 0.504. The Hall–Kier alpha value is -3.85. The zero-order chi connectivity index (χ0) is 25.1. The fourth-order valence-corrected chi connectivity index (χ4v) is 4.99. The van der Waals surface area contributed by atoms with Crippen molar-refractivity contribution in [2.75, 3.05) is 36.0 Å². The molecule has 1 aromatic heterocycles. The fourth-order valence-electron chi connectivity index (χ4n) is 4.99. The van der Waals surface area contributed by atoms with Crippen LogP contribution in [0, 0.1) is 10.8 Å². The Bertz CT molecular complexity index is 1250. The van der Waals surface area contributed by atoms with E-state index in [0.29, 0.717) is 50.8 Å². The van der Waals surface area contributed by atoms with E-state index in [2.05, 4.69) is 34.2 Å². The largest absolute Gasteiger partial charge is 0.490 e. The first-order chi connectivity index (χ1) is 17.6. The predicted octanol–water partition coefficient (Wildman–Crippen LogP) is 3.59. The van der Waals surface area contributed by atoms with Crippen molar-refractivity contribution in [3.05, 3.63) is 70.9 Å². The lowest BCUT2D eigenvalue weighted by molar-refractivity contribution is -0.121. The summed E-state index contributed by atoms with van der Waals surface area (Å²) in [4.78, 5) is 34.9. The van der Waals surface area contributed by atoms with E-state index in [-0.39, 0.29) is 0 Å². The molecule has 9 nitrogen and oxygen atoms in total. The third-order valence-corrected chi connectivity index (χ3v) is 7.00. The first kappa shape index (κ1) is 23.9. The molecule has 0 saturated carbocycles. The van der Waals surface area contributed by atoms with E-state index in [0.717, 1.165) is 28.8 Å². The number of nitrogens with zero attached hydrogens (tertiary/aromatic N) is 5. The first-order valence-corrected chi connectivity index (χ1v) is 12.3. The van der Waals surface area contributed by atoms with E-state index >= 15 is 0 Å². The lowest BCUT2D eigenvalue weighted by atomic mass is 10.0. The number of amides is 1. The SMILES string of the molecule is CCc1ccccc1CC(O)N1CCOc2cc(-c3cnc(N4CCC(C(=O)N=O)C4)nc3)ccc21. The van der Waals surface area contributed by atoms with Crippen molar-refractivity contribution < 1.29 is 14.6 Å². The van der Waals surface area contributed by atoms with E-state index in [9.17, 15) is 14.8 Å². The van der Waals surface area contributed by atoms with Gasteiger partial charge in [-0.25, -0.2) is 9.97 Å². The normalized spacial score (nSPS) is 17.9. The van der Waals surface area contributed by atoms with Crippen LogP contribution < -0.4 is 14.5 Å². The van der Waals surface area contributed by atoms with Crippen molar-refractivity contribution in [3.63, 3.8) is 0 Å². The summed E-state index contributed by atoms with van der Waals surface area (Å²) in [5, 5.41) is 13.6. The number of carbonyl (C=O) groups excluding carboxylic acids is 1. The number of hydrogen-bond donors (Lipinski definition) is 1. The zero-order valence-corrected chi connectivity index (χ0v) is 20.2. The van der Waals surface area contributed by atoms with Crippen molar-refractivity contribution in [3.8, 4) is 16.9 Å². The van der Waals surface area contributed by atoms with Crippen LogP contribution in [-0.2, 0) is 17.6 Å². The molecule has 1 saturated heterocycles. The maximum absolute atomic E-state index is 11.6. The maximum atomic E-state index is 11.6. The number of anilines is 2. The number of aromatic nitrogens is 2. The van der Waals surface area contributed by atoms with Gasteiger partial charge in [0.2, 0.25) is 5.95 Å². The van der Waals surface area contributed by atoms with Crippen molar-refractivity contribution in [2.45, 2.75) is 32.4 Å². The number of rotatable bonds is 7. The van der Waals surface area contributed by atoms with Gasteiger partial charge in [-0.15, -0.1) is 4.91 Å². The van der Waals surface area contributed by atoms with Crippen molar-refractivity contribution in [1.29, 1.82) is 0 Å². The second-order valence-electron chi connectivity index (χ2n) is 9.16. The number of nitroso groups, excluding NO2 is 1. The number of fused-ring (bicyclic) bond motifs is 1. The number of carbonyl (C=O) groups is 1. The Kier molecular flexibility index (Phi) is 6.90. The van der Waals surface area contributed by atoms with Gasteiger partial charge in [-0.1, -0.05) is 37.3 Å². The third-order valence-electron chi connectivity index (χ3n) is 7.00. The first-order valence-electron chi connectivity index (χ1n) is 12.3. The molecule has 0 spiro atoms. The summed E-state index contributed by atoms with van der Waals surface area (Å²) < 4.78 is 5.94. The highest BCUT2D eigenvalue weighted by Crippen LogP contribution is 2.37. The smallest absolute Gasteiger partial charge is 0.291 e. The van der Waals surface area contributed by atoms with Crippen LogP contribution in [0.3, 0.4) is 0 Å². The molecule has 2 aromatic carbocycles. The Morgan fingerprint density at radius 3 is 2.67 bits per heavy atom. The van der Waals surface area contributed by atoms with Crippen LogP contribution in [0.2, 0.25) is 0 Å². The molecule has 0 aliphatic carbocycles. The molecular weight excluding hydrogens is 458 g/mol. The number of aliphatic hydroxyl groups is 1. The van der Waals surface area contributed by atoms with E-state index in [1.165, 1.54) is 5.56 Å². The summed E-state index contributed by atoms with van der Waals surface area (Å²) in [5.74, 6) is 0.234. The minimum Gasteiger partial charge on any atom is -0.490 e. The number of hydrogen-bond acceptors (Lipinski definition) is 8. The van der Waals surface area contributed by atoms with E-state index in [1.807, 2.05) is 40.1 Å². The van der Waals surface area contributed by atoms with Gasteiger partial charge in [0.1, 0.15) is 18.6 Å². The summed E-state index contributed by atoms with van der Waals surface area (Å²) in [7, 11) is 0. The molecule has 3 aromatic rings. The lowest BCUT2D eigenvalue weighted by Crippen LogP contribution is -2.42. The molecule has 0 radical (unpaired) electrons. The van der Waals surface area contributed by atoms with E-state index in [1.54, 1.807) is 12.4 Å². The molecule has 36 heavy (non-hydrogen) atoms. The average Bonchev–Trinajstić information content (AvgIpc) is 3.43. The van der Waals surface area contributed by atoms with Crippen LogP contribution in [-0.4, -0.2) is 53.5 Å². The van der Waals surface area contributed by atoms with Gasteiger partial charge in [0, 0.05) is 42.6 Å². The number of aliphatic hydroxyl groups excluding tert-OH is 1. The predicted molar refractivity (Wildman–Crippen MR) is 137 cm³/mol. The Morgan fingerprint density at radius 2 is 1.92 bits per heavy atom. The molecule has 9 heteroatoms. The summed E-state index contributed by atoms with van der Waals surface area (Å²) in [6.07, 6.45) is 4.89. The molecule has 2 unspecified atom stereocenters. The molecule has 186 valence electrons. The third kappa shape index (κ3) is 4.79. The van der Waals surface area contributed by atoms with Gasteiger partial charge in [-0.2, -0.15) is 0 Å².